The average Bonchev–Trinajstić information content (AvgIpc) is 3.06. The summed E-state index contributed by atoms with van der Waals surface area (Å²) in [6.07, 6.45) is 1.84. The van der Waals surface area contributed by atoms with Crippen molar-refractivity contribution >= 4 is 30.9 Å². The zero-order valence-corrected chi connectivity index (χ0v) is 26.2. The van der Waals surface area contributed by atoms with Gasteiger partial charge in [-0.1, -0.05) is 98.8 Å². The van der Waals surface area contributed by atoms with Crippen LogP contribution in [0.2, 0.25) is 5.04 Å². The summed E-state index contributed by atoms with van der Waals surface area (Å²) in [5, 5.41) is 11.5. The van der Waals surface area contributed by atoms with Gasteiger partial charge in [-0.2, -0.15) is 0 Å². The highest BCUT2D eigenvalue weighted by atomic mass is 28.4. The number of rotatable bonds is 11. The van der Waals surface area contributed by atoms with Crippen molar-refractivity contribution in [2.45, 2.75) is 37.8 Å². The number of aromatic hydroxyl groups is 1. The smallest absolute Gasteiger partial charge is 0.258 e. The van der Waals surface area contributed by atoms with Crippen LogP contribution < -0.4 is 15.1 Å². The van der Waals surface area contributed by atoms with Gasteiger partial charge in [-0.3, -0.25) is 9.59 Å². The van der Waals surface area contributed by atoms with Crippen molar-refractivity contribution < 1.29 is 29.0 Å². The number of carbonyl (C=O) groups excluding carboxylic acids is 2. The summed E-state index contributed by atoms with van der Waals surface area (Å²) in [4.78, 5) is 39.9. The van der Waals surface area contributed by atoms with Crippen LogP contribution in [-0.4, -0.2) is 67.7 Å². The zero-order valence-electron chi connectivity index (χ0n) is 25.2. The van der Waals surface area contributed by atoms with Crippen LogP contribution in [-0.2, 0) is 11.2 Å². The Morgan fingerprint density at radius 3 is 2.25 bits per heavy atom. The number of amides is 1. The Kier molecular flexibility index (Phi) is 9.63. The maximum absolute atomic E-state index is 14.1. The standard InChI is InChI=1S/C36H39NO6Si/c1-36(2,44(41,29-13-5-3-6-14-29)30-15-7-4-8-16-30)21-20-27-12-9-10-17-31(27)35(40)37-22-23-42-25-28(37)26-43-34-19-11-18-33(39)32(34)24-38/h3-19,24,28,39,41H,20-23,25-26H2,1-2H3/t28-/m0/s1. The SMILES string of the molecule is CC(C)(CCc1ccccc1C(=O)N1CCOC[C@H]1COc1cccc(O)c1C=O)[Si](O)(c1ccccc1)c1ccccc1. The molecule has 0 bridgehead atoms. The van der Waals surface area contributed by atoms with Crippen molar-refractivity contribution in [2.24, 2.45) is 0 Å². The zero-order chi connectivity index (χ0) is 31.2. The van der Waals surface area contributed by atoms with Gasteiger partial charge < -0.3 is 24.3 Å². The third-order valence-electron chi connectivity index (χ3n) is 8.71. The fraction of sp³-hybridized carbons (Fsp3) is 0.278. The maximum atomic E-state index is 14.1. The van der Waals surface area contributed by atoms with E-state index in [1.54, 1.807) is 17.0 Å². The molecule has 0 saturated carbocycles. The molecule has 7 nitrogen and oxygen atoms in total. The molecule has 1 atom stereocenters. The second kappa shape index (κ2) is 13.6. The molecule has 5 rings (SSSR count). The van der Waals surface area contributed by atoms with Gasteiger partial charge in [0.05, 0.1) is 24.8 Å². The van der Waals surface area contributed by atoms with Crippen molar-refractivity contribution in [3.05, 3.63) is 120 Å². The van der Waals surface area contributed by atoms with E-state index >= 15 is 0 Å². The van der Waals surface area contributed by atoms with Gasteiger partial charge in [-0.15, -0.1) is 0 Å². The highest BCUT2D eigenvalue weighted by Crippen LogP contribution is 2.40. The average molecular weight is 610 g/mol. The Hall–Kier alpha value is -4.24. The van der Waals surface area contributed by atoms with E-state index in [4.69, 9.17) is 9.47 Å². The molecule has 44 heavy (non-hydrogen) atoms. The van der Waals surface area contributed by atoms with E-state index < -0.39 is 13.4 Å². The van der Waals surface area contributed by atoms with Gasteiger partial charge in [0.2, 0.25) is 0 Å². The molecular formula is C36H39NO6Si. The Balaban J connectivity index is 1.37. The summed E-state index contributed by atoms with van der Waals surface area (Å²) in [6, 6.07) is 31.9. The molecular weight excluding hydrogens is 570 g/mol. The van der Waals surface area contributed by atoms with Crippen LogP contribution in [0.15, 0.2) is 103 Å². The number of phenolic OH excluding ortho intramolecular Hbond substituents is 1. The van der Waals surface area contributed by atoms with Gasteiger partial charge in [-0.05, 0) is 52.0 Å². The second-order valence-corrected chi connectivity index (χ2v) is 15.8. The van der Waals surface area contributed by atoms with Gasteiger partial charge in [0.15, 0.2) is 6.29 Å². The quantitative estimate of drug-likeness (QED) is 0.191. The monoisotopic (exact) mass is 609 g/mol. The van der Waals surface area contributed by atoms with E-state index in [-0.39, 0.29) is 35.6 Å². The fourth-order valence-corrected chi connectivity index (χ4v) is 9.79. The molecule has 1 aliphatic rings. The molecule has 8 heteroatoms. The predicted molar refractivity (Wildman–Crippen MR) is 174 cm³/mol. The van der Waals surface area contributed by atoms with Crippen LogP contribution in [0.3, 0.4) is 0 Å². The van der Waals surface area contributed by atoms with Gasteiger partial charge in [-0.25, -0.2) is 0 Å². The molecule has 1 saturated heterocycles. The molecule has 2 N–H and O–H groups in total. The predicted octanol–water partition coefficient (Wildman–Crippen LogP) is 4.59. The number of benzene rings is 4. The highest BCUT2D eigenvalue weighted by molar-refractivity contribution is 6.98. The van der Waals surface area contributed by atoms with E-state index in [0.717, 1.165) is 15.9 Å². The van der Waals surface area contributed by atoms with Gasteiger partial charge in [0.25, 0.3) is 14.2 Å². The van der Waals surface area contributed by atoms with E-state index in [1.165, 1.54) is 6.07 Å². The summed E-state index contributed by atoms with van der Waals surface area (Å²) < 4.78 is 11.6. The largest absolute Gasteiger partial charge is 0.507 e. The fourth-order valence-electron chi connectivity index (χ4n) is 6.06. The van der Waals surface area contributed by atoms with Gasteiger partial charge >= 0.3 is 0 Å². The first-order chi connectivity index (χ1) is 21.3. The lowest BCUT2D eigenvalue weighted by Gasteiger charge is -2.41. The lowest BCUT2D eigenvalue weighted by atomic mass is 9.96. The number of carbonyl (C=O) groups is 2. The van der Waals surface area contributed by atoms with Crippen molar-refractivity contribution in [1.29, 1.82) is 0 Å². The van der Waals surface area contributed by atoms with Crippen LogP contribution >= 0.6 is 0 Å². The first-order valence-corrected chi connectivity index (χ1v) is 16.9. The first-order valence-electron chi connectivity index (χ1n) is 15.0. The van der Waals surface area contributed by atoms with Crippen LogP contribution in [0.1, 0.15) is 46.5 Å². The molecule has 1 aliphatic heterocycles. The van der Waals surface area contributed by atoms with Crippen LogP contribution in [0.4, 0.5) is 0 Å². The van der Waals surface area contributed by atoms with E-state index in [9.17, 15) is 19.5 Å². The molecule has 228 valence electrons. The summed E-state index contributed by atoms with van der Waals surface area (Å²) >= 11 is 0. The summed E-state index contributed by atoms with van der Waals surface area (Å²) in [7, 11) is -3.20. The molecule has 0 radical (unpaired) electrons. The molecule has 1 amide bonds. The molecule has 1 heterocycles. The molecule has 4 aromatic rings. The number of ether oxygens (including phenoxy) is 2. The van der Waals surface area contributed by atoms with Gasteiger partial charge in [0.1, 0.15) is 18.1 Å². The van der Waals surface area contributed by atoms with E-state index in [1.807, 2.05) is 84.9 Å². The number of hydrogen-bond acceptors (Lipinski definition) is 6. The lowest BCUT2D eigenvalue weighted by molar-refractivity contribution is -0.0151. The Labute approximate surface area is 259 Å². The summed E-state index contributed by atoms with van der Waals surface area (Å²) in [6.45, 7) is 5.49. The van der Waals surface area contributed by atoms with Crippen molar-refractivity contribution in [3.8, 4) is 11.5 Å². The number of aryl methyl sites for hydroxylation is 1. The number of hydrogen-bond donors (Lipinski definition) is 2. The maximum Gasteiger partial charge on any atom is 0.258 e. The summed E-state index contributed by atoms with van der Waals surface area (Å²) in [5.74, 6) is -0.00814. The van der Waals surface area contributed by atoms with Crippen LogP contribution in [0.25, 0.3) is 0 Å². The van der Waals surface area contributed by atoms with Crippen LogP contribution in [0, 0.1) is 0 Å². The molecule has 0 aliphatic carbocycles. The van der Waals surface area contributed by atoms with Crippen molar-refractivity contribution in [1.82, 2.24) is 4.90 Å². The molecule has 4 aromatic carbocycles. The van der Waals surface area contributed by atoms with Crippen LogP contribution in [0.5, 0.6) is 11.5 Å². The van der Waals surface area contributed by atoms with Crippen molar-refractivity contribution in [2.75, 3.05) is 26.4 Å². The summed E-state index contributed by atoms with van der Waals surface area (Å²) in [5.41, 5.74) is 1.61. The topological polar surface area (TPSA) is 96.3 Å². The Morgan fingerprint density at radius 2 is 1.59 bits per heavy atom. The second-order valence-electron chi connectivity index (χ2n) is 11.8. The minimum atomic E-state index is -3.20. The lowest BCUT2D eigenvalue weighted by Crippen LogP contribution is -2.65. The number of nitrogens with zero attached hydrogens (tertiary/aromatic N) is 1. The number of aldehydes is 1. The van der Waals surface area contributed by atoms with E-state index in [2.05, 4.69) is 13.8 Å². The minimum absolute atomic E-state index is 0.0737. The van der Waals surface area contributed by atoms with E-state index in [0.29, 0.717) is 44.4 Å². The Morgan fingerprint density at radius 1 is 0.955 bits per heavy atom. The third kappa shape index (κ3) is 6.33. The molecule has 0 aromatic heterocycles. The normalized spacial score (nSPS) is 15.5. The minimum Gasteiger partial charge on any atom is -0.507 e. The molecule has 0 spiro atoms. The molecule has 0 unspecified atom stereocenters. The number of morpholine rings is 1. The molecule has 1 fully saturated rings. The Bertz CT molecular complexity index is 1540. The number of phenols is 1. The van der Waals surface area contributed by atoms with Gasteiger partial charge in [0, 0.05) is 12.1 Å². The third-order valence-corrected chi connectivity index (χ3v) is 13.3. The first kappa shape index (κ1) is 31.2. The van der Waals surface area contributed by atoms with Crippen molar-refractivity contribution in [3.63, 3.8) is 0 Å². The highest BCUT2D eigenvalue weighted by Gasteiger charge is 2.49.